The molecule has 0 aliphatic heterocycles. The van der Waals surface area contributed by atoms with Crippen molar-refractivity contribution in [2.75, 3.05) is 11.5 Å². The van der Waals surface area contributed by atoms with E-state index in [2.05, 4.69) is 15.9 Å². The van der Waals surface area contributed by atoms with Crippen molar-refractivity contribution < 1.29 is 98.4 Å². The van der Waals surface area contributed by atoms with Crippen molar-refractivity contribution in [3.05, 3.63) is 272 Å². The van der Waals surface area contributed by atoms with Crippen molar-refractivity contribution in [2.45, 2.75) is 182 Å². The molecular formula is C96H102BrCl7N2O21S3. The highest BCUT2D eigenvalue weighted by Gasteiger charge is 2.39. The van der Waals surface area contributed by atoms with Gasteiger partial charge in [0.05, 0.1) is 37.9 Å². The van der Waals surface area contributed by atoms with Gasteiger partial charge in [-0.2, -0.15) is 0 Å². The number of rotatable bonds is 21. The van der Waals surface area contributed by atoms with E-state index in [1.165, 1.54) is 38.1 Å². The van der Waals surface area contributed by atoms with Crippen LogP contribution in [0.4, 0.5) is 11.4 Å². The Hall–Kier alpha value is -10.1. The fraction of sp³-hybridized carbons (Fsp3) is 0.271. The maximum atomic E-state index is 13.4. The lowest BCUT2D eigenvalue weighted by Crippen LogP contribution is -2.43. The Morgan fingerprint density at radius 3 is 0.892 bits per heavy atom. The van der Waals surface area contributed by atoms with Gasteiger partial charge in [-0.15, -0.1) is 0 Å². The molecule has 0 bridgehead atoms. The summed E-state index contributed by atoms with van der Waals surface area (Å²) >= 11 is 38.0. The summed E-state index contributed by atoms with van der Waals surface area (Å²) in [6.45, 7) is 29.0. The number of carboxylic acid groups (broad SMARTS) is 1. The van der Waals surface area contributed by atoms with Gasteiger partial charge in [-0.05, 0) is 247 Å². The topological polar surface area (TPSA) is 379 Å². The number of aromatic hydroxyl groups is 4. The van der Waals surface area contributed by atoms with E-state index in [1.54, 1.807) is 111 Å². The molecule has 0 aliphatic rings. The van der Waals surface area contributed by atoms with Crippen LogP contribution in [0.2, 0.25) is 30.1 Å². The second-order valence-corrected chi connectivity index (χ2v) is 44.9. The van der Waals surface area contributed by atoms with Crippen LogP contribution in [0.1, 0.15) is 129 Å². The number of carboxylic acids is 1. The number of carbonyl (C=O) groups excluding carboxylic acids is 3. The molecule has 0 aromatic heterocycles. The van der Waals surface area contributed by atoms with E-state index in [-0.39, 0.29) is 64.5 Å². The third kappa shape index (κ3) is 33.3. The number of nitrogens with two attached hydrogens (primary N) is 2. The molecule has 11 rings (SSSR count). The summed E-state index contributed by atoms with van der Waals surface area (Å²) in [6.07, 6.45) is 0. The molecule has 23 nitrogen and oxygen atoms in total. The number of ether oxygens (including phenoxy) is 6. The molecule has 11 aromatic rings. The summed E-state index contributed by atoms with van der Waals surface area (Å²) < 4.78 is 108. The van der Waals surface area contributed by atoms with Gasteiger partial charge in [0.15, 0.2) is 53.7 Å². The number of carbonyl (C=O) groups is 4. The number of hydrogen-bond donors (Lipinski definition) is 7. The minimum Gasteiger partial charge on any atom is -0.506 e. The molecule has 0 saturated heterocycles. The van der Waals surface area contributed by atoms with Gasteiger partial charge in [0, 0.05) is 36.9 Å². The van der Waals surface area contributed by atoms with Crippen molar-refractivity contribution in [3.63, 3.8) is 0 Å². The number of alkyl halides is 1. The van der Waals surface area contributed by atoms with Gasteiger partial charge >= 0.3 is 23.9 Å². The van der Waals surface area contributed by atoms with Gasteiger partial charge in [-0.3, -0.25) is 4.79 Å². The summed E-state index contributed by atoms with van der Waals surface area (Å²) in [5.74, 6) is -4.52. The lowest BCUT2D eigenvalue weighted by atomic mass is 10.0. The fourth-order valence-corrected chi connectivity index (χ4v) is 16.9. The minimum atomic E-state index is -4.13. The number of sulfone groups is 2. The first-order valence-electron chi connectivity index (χ1n) is 39.4. The monoisotopic (exact) mass is 2040 g/mol. The second-order valence-electron chi connectivity index (χ2n) is 33.9. The maximum Gasteiger partial charge on any atom is 0.350 e. The molecule has 0 spiro atoms. The molecule has 0 aliphatic carbocycles. The van der Waals surface area contributed by atoms with Crippen molar-refractivity contribution in [3.8, 4) is 84.8 Å². The molecule has 696 valence electrons. The van der Waals surface area contributed by atoms with Crippen LogP contribution in [0.5, 0.6) is 40.2 Å². The number of aliphatic carboxylic acids is 1. The normalized spacial score (nSPS) is 11.9. The van der Waals surface area contributed by atoms with Crippen LogP contribution in [-0.2, 0) is 73.6 Å². The van der Waals surface area contributed by atoms with Crippen LogP contribution in [-0.4, -0.2) is 113 Å². The summed E-state index contributed by atoms with van der Waals surface area (Å²) in [5.41, 5.74) is 14.6. The first-order valence-corrected chi connectivity index (χ1v) is 48.1. The van der Waals surface area contributed by atoms with Gasteiger partial charge in [0.1, 0.15) is 58.8 Å². The Labute approximate surface area is 801 Å². The van der Waals surface area contributed by atoms with Gasteiger partial charge in [0.25, 0.3) is 9.05 Å². The number of esters is 3. The number of hydrogen-bond acceptors (Lipinski definition) is 22. The highest BCUT2D eigenvalue weighted by Crippen LogP contribution is 2.43. The zero-order valence-corrected chi connectivity index (χ0v) is 83.4. The Balaban J connectivity index is 0.000000253. The summed E-state index contributed by atoms with van der Waals surface area (Å²) in [5, 5.41) is 48.1. The Kier molecular flexibility index (Phi) is 37.5. The zero-order chi connectivity index (χ0) is 98.0. The number of benzene rings is 11. The molecule has 0 atom stereocenters. The fourth-order valence-electron chi connectivity index (χ4n) is 11.0. The Morgan fingerprint density at radius 1 is 0.338 bits per heavy atom. The largest absolute Gasteiger partial charge is 0.506 e. The Morgan fingerprint density at radius 2 is 0.608 bits per heavy atom. The van der Waals surface area contributed by atoms with Crippen molar-refractivity contribution in [1.82, 2.24) is 0 Å². The van der Waals surface area contributed by atoms with Crippen LogP contribution in [0, 0.1) is 0 Å². The van der Waals surface area contributed by atoms with E-state index in [0.717, 1.165) is 57.1 Å². The first-order chi connectivity index (χ1) is 59.8. The summed E-state index contributed by atoms with van der Waals surface area (Å²) in [7, 11) is -7.29. The average Bonchev–Trinajstić information content (AvgIpc) is 0.784. The third-order valence-electron chi connectivity index (χ3n) is 17.5. The predicted molar refractivity (Wildman–Crippen MR) is 519 cm³/mol. The van der Waals surface area contributed by atoms with Crippen molar-refractivity contribution in [1.29, 1.82) is 0 Å². The van der Waals surface area contributed by atoms with E-state index in [4.69, 9.17) is 120 Å². The van der Waals surface area contributed by atoms with E-state index in [9.17, 15) is 70.0 Å². The smallest absolute Gasteiger partial charge is 0.350 e. The van der Waals surface area contributed by atoms with Crippen LogP contribution in [0.15, 0.2) is 245 Å². The zero-order valence-electron chi connectivity index (χ0n) is 74.0. The number of halogens is 8. The Bertz CT molecular complexity index is 6210. The van der Waals surface area contributed by atoms with E-state index in [1.807, 2.05) is 181 Å². The first kappa shape index (κ1) is 109. The van der Waals surface area contributed by atoms with Gasteiger partial charge < -0.3 is 65.4 Å². The standard InChI is InChI=1S/C27H28Cl2O6S.C23H20Cl2O6S.C20H25NO3.C12H11NO.C8H15BrO2.C6H3Cl3O3S/c1-26(2,3)35-25(31)27(4,5)34-22-12-11-18(17-9-7-6-8-10-17)13-19(22)16-36(32,33)23-15-20(28)14-21(29)24(23)30;1-23(2,22(27)28)31-19-9-8-15(14-6-4-3-5-7-14)10-16(19)13-32(29,30)20-12-17(24)11-18(25)21(20)26;1-19(2,3)24-18(22)20(4,5)23-17-12-11-15(13-16(17)21)14-9-7-6-8-10-14;13-11-8-10(6-7-12(11)14)9-4-2-1-3-5-9;1-7(2,3)11-6(10)8(4,5)9;7-3-1-4(8)6(10)5(2-3)13(9,11)12/h6-15,30H,16H2,1-5H3;3-12,26H,13H2,1-2H3,(H,27,28);6-13H,21H2,1-5H3;1-8,14H,13H2;1-5H3;1-2,10H. The quantitative estimate of drug-likeness (QED) is 0.00877. The molecule has 0 unspecified atom stereocenters. The number of anilines is 2. The van der Waals surface area contributed by atoms with Crippen LogP contribution >= 0.6 is 96.2 Å². The predicted octanol–water partition coefficient (Wildman–Crippen LogP) is 24.6. The number of phenols is 4. The molecule has 0 fully saturated rings. The van der Waals surface area contributed by atoms with Gasteiger partial charge in [0.2, 0.25) is 0 Å². The minimum absolute atomic E-state index is 0.0490. The molecule has 0 saturated carbocycles. The second kappa shape index (κ2) is 44.9. The lowest BCUT2D eigenvalue weighted by molar-refractivity contribution is -0.171. The van der Waals surface area contributed by atoms with Crippen LogP contribution < -0.4 is 25.7 Å². The summed E-state index contributed by atoms with van der Waals surface area (Å²) in [6, 6.07) is 66.2. The number of phenolic OH excluding ortho intramolecular Hbond substituents is 4. The van der Waals surface area contributed by atoms with Crippen molar-refractivity contribution in [2.24, 2.45) is 0 Å². The van der Waals surface area contributed by atoms with E-state index in [0.29, 0.717) is 22.7 Å². The highest BCUT2D eigenvalue weighted by molar-refractivity contribution is 9.10. The van der Waals surface area contributed by atoms with Crippen LogP contribution in [0.3, 0.4) is 0 Å². The molecule has 11 aromatic carbocycles. The van der Waals surface area contributed by atoms with E-state index >= 15 is 0 Å². The molecule has 0 heterocycles. The highest BCUT2D eigenvalue weighted by atomic mass is 79.9. The van der Waals surface area contributed by atoms with Crippen LogP contribution in [0.25, 0.3) is 44.5 Å². The molecule has 0 amide bonds. The SMILES string of the molecule is CC(C)(C)OC(=O)C(C)(C)Br.CC(C)(C)OC(=O)C(C)(C)Oc1ccc(-c2ccccc2)cc1CS(=O)(=O)c1cc(Cl)cc(Cl)c1O.CC(C)(C)OC(=O)C(C)(C)Oc1ccc(-c2ccccc2)cc1N.CC(C)(Oc1ccc(-c2ccccc2)cc1CS(=O)(=O)c1cc(Cl)cc(Cl)c1O)C(=O)O.Nc1cc(-c2ccccc2)ccc1O.O=S(=O)(Cl)c1cc(Cl)cc(Cl)c1O. The van der Waals surface area contributed by atoms with E-state index < -0.39 is 128 Å². The third-order valence-corrected chi connectivity index (χ3v) is 24.0. The molecule has 9 N–H and O–H groups in total. The number of nitrogen functional groups attached to an aromatic ring is 2. The molecule has 0 radical (unpaired) electrons. The maximum absolute atomic E-state index is 13.4. The van der Waals surface area contributed by atoms with Gasteiger partial charge in [-0.1, -0.05) is 231 Å². The lowest BCUT2D eigenvalue weighted by Gasteiger charge is -2.30. The van der Waals surface area contributed by atoms with Crippen molar-refractivity contribution >= 4 is 160 Å². The average molecular weight is 2040 g/mol. The molecule has 130 heavy (non-hydrogen) atoms. The molecule has 34 heteroatoms. The summed E-state index contributed by atoms with van der Waals surface area (Å²) in [4.78, 5) is 46.5. The molecular weight excluding hydrogens is 1940 g/mol. The van der Waals surface area contributed by atoms with Gasteiger partial charge in [-0.25, -0.2) is 39.6 Å².